The number of nitrogens with zero attached hydrogens (tertiary/aromatic N) is 3. The Bertz CT molecular complexity index is 347. The summed E-state index contributed by atoms with van der Waals surface area (Å²) < 4.78 is 0. The molecule has 5 heteroatoms. The standard InChI is InChI=1S/C10H18N4S/c1-7-12-13-9(15-7)14-5-4-8(11)10(2,3)6-14/h8H,4-6,11H2,1-3H3. The SMILES string of the molecule is Cc1nnc(N2CCC(N)C(C)(C)C2)s1. The van der Waals surface area contributed by atoms with Crippen LogP contribution in [0, 0.1) is 12.3 Å². The van der Waals surface area contributed by atoms with E-state index in [4.69, 9.17) is 5.73 Å². The molecule has 2 heterocycles. The zero-order valence-corrected chi connectivity index (χ0v) is 10.3. The molecule has 0 spiro atoms. The Morgan fingerprint density at radius 2 is 2.20 bits per heavy atom. The summed E-state index contributed by atoms with van der Waals surface area (Å²) in [6.07, 6.45) is 1.03. The second-order valence-electron chi connectivity index (χ2n) is 4.91. The van der Waals surface area contributed by atoms with Gasteiger partial charge in [-0.05, 0) is 18.8 Å². The van der Waals surface area contributed by atoms with Gasteiger partial charge in [0.2, 0.25) is 5.13 Å². The van der Waals surface area contributed by atoms with Crippen molar-refractivity contribution < 1.29 is 0 Å². The molecule has 4 nitrogen and oxygen atoms in total. The van der Waals surface area contributed by atoms with E-state index in [0.717, 1.165) is 29.6 Å². The third kappa shape index (κ3) is 2.13. The van der Waals surface area contributed by atoms with Crippen molar-refractivity contribution >= 4 is 16.5 Å². The Kier molecular flexibility index (Phi) is 2.68. The fourth-order valence-corrected chi connectivity index (χ4v) is 2.66. The summed E-state index contributed by atoms with van der Waals surface area (Å²) in [5, 5.41) is 10.3. The molecule has 2 rings (SSSR count). The number of aromatic nitrogens is 2. The minimum absolute atomic E-state index is 0.165. The van der Waals surface area contributed by atoms with Gasteiger partial charge in [-0.1, -0.05) is 25.2 Å². The first kappa shape index (κ1) is 10.8. The zero-order chi connectivity index (χ0) is 11.1. The summed E-state index contributed by atoms with van der Waals surface area (Å²) in [7, 11) is 0. The van der Waals surface area contributed by atoms with Gasteiger partial charge in [-0.3, -0.25) is 0 Å². The van der Waals surface area contributed by atoms with Crippen molar-refractivity contribution in [3.8, 4) is 0 Å². The molecule has 2 N–H and O–H groups in total. The molecule has 1 aliphatic heterocycles. The molecule has 0 aliphatic carbocycles. The van der Waals surface area contributed by atoms with Gasteiger partial charge in [0.25, 0.3) is 0 Å². The van der Waals surface area contributed by atoms with Crippen LogP contribution in [0.25, 0.3) is 0 Å². The van der Waals surface area contributed by atoms with E-state index in [9.17, 15) is 0 Å². The Morgan fingerprint density at radius 1 is 1.47 bits per heavy atom. The number of hydrogen-bond donors (Lipinski definition) is 1. The summed E-state index contributed by atoms with van der Waals surface area (Å²) in [6, 6.07) is 0.294. The largest absolute Gasteiger partial charge is 0.346 e. The number of hydrogen-bond acceptors (Lipinski definition) is 5. The van der Waals surface area contributed by atoms with Gasteiger partial charge in [0.1, 0.15) is 5.01 Å². The summed E-state index contributed by atoms with van der Waals surface area (Å²) >= 11 is 1.66. The first-order valence-corrected chi connectivity index (χ1v) is 6.11. The molecule has 0 amide bonds. The van der Waals surface area contributed by atoms with Crippen LogP contribution in [0.3, 0.4) is 0 Å². The topological polar surface area (TPSA) is 55.0 Å². The minimum atomic E-state index is 0.165. The van der Waals surface area contributed by atoms with Gasteiger partial charge in [-0.2, -0.15) is 0 Å². The van der Waals surface area contributed by atoms with E-state index in [1.54, 1.807) is 11.3 Å². The Balaban J connectivity index is 2.13. The van der Waals surface area contributed by atoms with Crippen molar-refractivity contribution in [3.63, 3.8) is 0 Å². The lowest BCUT2D eigenvalue weighted by atomic mass is 9.80. The summed E-state index contributed by atoms with van der Waals surface area (Å²) in [4.78, 5) is 2.30. The zero-order valence-electron chi connectivity index (χ0n) is 9.53. The van der Waals surface area contributed by atoms with Gasteiger partial charge in [0, 0.05) is 19.1 Å². The molecule has 1 aromatic rings. The summed E-state index contributed by atoms with van der Waals surface area (Å²) in [5.74, 6) is 0. The molecule has 0 aromatic carbocycles. The molecule has 15 heavy (non-hydrogen) atoms. The normalized spacial score (nSPS) is 25.6. The number of nitrogens with two attached hydrogens (primary N) is 1. The van der Waals surface area contributed by atoms with Crippen LogP contribution in [-0.4, -0.2) is 29.3 Å². The maximum absolute atomic E-state index is 6.10. The van der Waals surface area contributed by atoms with Gasteiger partial charge in [-0.25, -0.2) is 0 Å². The van der Waals surface area contributed by atoms with Crippen LogP contribution >= 0.6 is 11.3 Å². The number of aryl methyl sites for hydroxylation is 1. The van der Waals surface area contributed by atoms with Gasteiger partial charge in [-0.15, -0.1) is 10.2 Å². The molecule has 1 fully saturated rings. The molecule has 1 aromatic heterocycles. The monoisotopic (exact) mass is 226 g/mol. The molecule has 1 unspecified atom stereocenters. The Morgan fingerprint density at radius 3 is 2.73 bits per heavy atom. The molecule has 1 atom stereocenters. The molecular formula is C10H18N4S. The quantitative estimate of drug-likeness (QED) is 0.786. The number of anilines is 1. The molecule has 84 valence electrons. The second kappa shape index (κ2) is 3.72. The summed E-state index contributed by atoms with van der Waals surface area (Å²) in [6.45, 7) is 8.40. The molecule has 0 bridgehead atoms. The van der Waals surface area contributed by atoms with Crippen LogP contribution < -0.4 is 10.6 Å². The maximum Gasteiger partial charge on any atom is 0.208 e. The van der Waals surface area contributed by atoms with Crippen molar-refractivity contribution in [2.24, 2.45) is 11.1 Å². The highest BCUT2D eigenvalue weighted by Gasteiger charge is 2.34. The highest BCUT2D eigenvalue weighted by molar-refractivity contribution is 7.15. The molecule has 1 aliphatic rings. The predicted octanol–water partition coefficient (Wildman–Crippen LogP) is 1.41. The molecular weight excluding hydrogens is 208 g/mol. The van der Waals surface area contributed by atoms with Gasteiger partial charge < -0.3 is 10.6 Å². The van der Waals surface area contributed by atoms with E-state index in [1.165, 1.54) is 0 Å². The molecule has 1 saturated heterocycles. The Hall–Kier alpha value is -0.680. The minimum Gasteiger partial charge on any atom is -0.346 e. The average Bonchev–Trinajstić information content (AvgIpc) is 2.57. The predicted molar refractivity (Wildman–Crippen MR) is 63.2 cm³/mol. The molecule has 0 saturated carbocycles. The summed E-state index contributed by atoms with van der Waals surface area (Å²) in [5.41, 5.74) is 6.26. The van der Waals surface area contributed by atoms with Crippen LogP contribution in [0.15, 0.2) is 0 Å². The van der Waals surface area contributed by atoms with E-state index < -0.39 is 0 Å². The fourth-order valence-electron chi connectivity index (χ4n) is 1.95. The van der Waals surface area contributed by atoms with Crippen LogP contribution in [0.2, 0.25) is 0 Å². The van der Waals surface area contributed by atoms with Crippen molar-refractivity contribution in [1.29, 1.82) is 0 Å². The smallest absolute Gasteiger partial charge is 0.208 e. The lowest BCUT2D eigenvalue weighted by Gasteiger charge is -2.42. The van der Waals surface area contributed by atoms with Gasteiger partial charge in [0.05, 0.1) is 0 Å². The first-order valence-electron chi connectivity index (χ1n) is 5.30. The average molecular weight is 226 g/mol. The number of piperidine rings is 1. The first-order chi connectivity index (χ1) is 6.99. The van der Waals surface area contributed by atoms with E-state index >= 15 is 0 Å². The molecule has 0 radical (unpaired) electrons. The Labute approximate surface area is 94.5 Å². The van der Waals surface area contributed by atoms with E-state index in [1.807, 2.05) is 6.92 Å². The fraction of sp³-hybridized carbons (Fsp3) is 0.800. The van der Waals surface area contributed by atoms with Crippen molar-refractivity contribution in [1.82, 2.24) is 10.2 Å². The van der Waals surface area contributed by atoms with Crippen molar-refractivity contribution in [2.75, 3.05) is 18.0 Å². The third-order valence-corrected chi connectivity index (χ3v) is 4.00. The van der Waals surface area contributed by atoms with E-state index in [0.29, 0.717) is 6.04 Å². The van der Waals surface area contributed by atoms with Crippen LogP contribution in [-0.2, 0) is 0 Å². The van der Waals surface area contributed by atoms with Crippen LogP contribution in [0.4, 0.5) is 5.13 Å². The maximum atomic E-state index is 6.10. The van der Waals surface area contributed by atoms with Crippen molar-refractivity contribution in [2.45, 2.75) is 33.2 Å². The van der Waals surface area contributed by atoms with E-state index in [2.05, 4.69) is 28.9 Å². The number of rotatable bonds is 1. The highest BCUT2D eigenvalue weighted by atomic mass is 32.1. The van der Waals surface area contributed by atoms with Crippen LogP contribution in [0.1, 0.15) is 25.3 Å². The van der Waals surface area contributed by atoms with E-state index in [-0.39, 0.29) is 5.41 Å². The highest BCUT2D eigenvalue weighted by Crippen LogP contribution is 2.31. The lowest BCUT2D eigenvalue weighted by molar-refractivity contribution is 0.245. The lowest BCUT2D eigenvalue weighted by Crippen LogP contribution is -2.52. The van der Waals surface area contributed by atoms with Crippen LogP contribution in [0.5, 0.6) is 0 Å². The van der Waals surface area contributed by atoms with Gasteiger partial charge in [0.15, 0.2) is 0 Å². The van der Waals surface area contributed by atoms with Gasteiger partial charge >= 0.3 is 0 Å². The second-order valence-corrected chi connectivity index (χ2v) is 6.07. The third-order valence-electron chi connectivity index (χ3n) is 3.10. The van der Waals surface area contributed by atoms with Crippen molar-refractivity contribution in [3.05, 3.63) is 5.01 Å².